The smallest absolute Gasteiger partial charge is 0.279 e. The summed E-state index contributed by atoms with van der Waals surface area (Å²) in [6.07, 6.45) is 0.794. The van der Waals surface area contributed by atoms with Gasteiger partial charge < -0.3 is 5.32 Å². The predicted octanol–water partition coefficient (Wildman–Crippen LogP) is 1.71. The Morgan fingerprint density at radius 1 is 1.35 bits per heavy atom. The molecule has 0 saturated carbocycles. The van der Waals surface area contributed by atoms with Crippen LogP contribution in [0.15, 0.2) is 28.7 Å². The lowest BCUT2D eigenvalue weighted by atomic mass is 10.2. The summed E-state index contributed by atoms with van der Waals surface area (Å²) in [7, 11) is -1.83. The van der Waals surface area contributed by atoms with Crippen molar-refractivity contribution in [3.63, 3.8) is 0 Å². The van der Waals surface area contributed by atoms with Gasteiger partial charge in [0.2, 0.25) is 0 Å². The molecule has 1 aromatic carbocycles. The van der Waals surface area contributed by atoms with Crippen LogP contribution in [0.3, 0.4) is 0 Å². The van der Waals surface area contributed by atoms with Gasteiger partial charge in [-0.2, -0.15) is 17.4 Å². The SMILES string of the molecule is CCNCCCN(C)S(=O)(=O)NCc1cccc(Br)c1. The minimum atomic E-state index is -3.42. The third-order valence-corrected chi connectivity index (χ3v) is 4.84. The van der Waals surface area contributed by atoms with Crippen LogP contribution >= 0.6 is 15.9 Å². The van der Waals surface area contributed by atoms with Crippen molar-refractivity contribution in [1.29, 1.82) is 0 Å². The Morgan fingerprint density at radius 3 is 2.75 bits per heavy atom. The van der Waals surface area contributed by atoms with E-state index in [0.717, 1.165) is 29.5 Å². The molecule has 0 aliphatic rings. The average Bonchev–Trinajstić information content (AvgIpc) is 2.41. The monoisotopic (exact) mass is 363 g/mol. The van der Waals surface area contributed by atoms with Crippen molar-refractivity contribution in [2.24, 2.45) is 0 Å². The molecular formula is C13H22BrN3O2S. The number of halogens is 1. The zero-order valence-electron chi connectivity index (χ0n) is 11.9. The number of benzene rings is 1. The summed E-state index contributed by atoms with van der Waals surface area (Å²) in [6.45, 7) is 4.54. The van der Waals surface area contributed by atoms with Crippen LogP contribution < -0.4 is 10.0 Å². The third kappa shape index (κ3) is 6.32. The van der Waals surface area contributed by atoms with E-state index in [2.05, 4.69) is 26.0 Å². The second-order valence-corrected chi connectivity index (χ2v) is 7.26. The van der Waals surface area contributed by atoms with Crippen molar-refractivity contribution in [3.05, 3.63) is 34.3 Å². The standard InChI is InChI=1S/C13H22BrN3O2S/c1-3-15-8-5-9-17(2)20(18,19)16-11-12-6-4-7-13(14)10-12/h4,6-7,10,15-16H,3,5,8-9,11H2,1-2H3. The molecule has 0 aliphatic carbocycles. The van der Waals surface area contributed by atoms with Gasteiger partial charge in [-0.05, 0) is 37.2 Å². The van der Waals surface area contributed by atoms with Crippen molar-refractivity contribution in [3.8, 4) is 0 Å². The quantitative estimate of drug-likeness (QED) is 0.656. The Bertz CT molecular complexity index is 508. The van der Waals surface area contributed by atoms with Crippen LogP contribution in [0.4, 0.5) is 0 Å². The Morgan fingerprint density at radius 2 is 2.10 bits per heavy atom. The van der Waals surface area contributed by atoms with E-state index in [-0.39, 0.29) is 0 Å². The van der Waals surface area contributed by atoms with Crippen LogP contribution in [-0.2, 0) is 16.8 Å². The molecule has 114 valence electrons. The topological polar surface area (TPSA) is 61.4 Å². The van der Waals surface area contributed by atoms with Gasteiger partial charge in [-0.25, -0.2) is 0 Å². The van der Waals surface area contributed by atoms with E-state index in [1.165, 1.54) is 4.31 Å². The first-order valence-corrected chi connectivity index (χ1v) is 8.85. The number of nitrogens with one attached hydrogen (secondary N) is 2. The van der Waals surface area contributed by atoms with Gasteiger partial charge in [-0.1, -0.05) is 35.0 Å². The van der Waals surface area contributed by atoms with Crippen LogP contribution in [0.25, 0.3) is 0 Å². The molecular weight excluding hydrogens is 342 g/mol. The molecule has 0 heterocycles. The number of rotatable bonds is 9. The maximum absolute atomic E-state index is 12.0. The minimum absolute atomic E-state index is 0.291. The lowest BCUT2D eigenvalue weighted by molar-refractivity contribution is 0.445. The first kappa shape index (κ1) is 17.6. The summed E-state index contributed by atoms with van der Waals surface area (Å²) in [5.74, 6) is 0. The molecule has 2 N–H and O–H groups in total. The molecule has 7 heteroatoms. The fraction of sp³-hybridized carbons (Fsp3) is 0.538. The summed E-state index contributed by atoms with van der Waals surface area (Å²) < 4.78 is 29.0. The maximum Gasteiger partial charge on any atom is 0.279 e. The molecule has 0 atom stereocenters. The van der Waals surface area contributed by atoms with Gasteiger partial charge in [0.25, 0.3) is 10.2 Å². The van der Waals surface area contributed by atoms with Crippen LogP contribution in [-0.4, -0.2) is 39.4 Å². The van der Waals surface area contributed by atoms with Gasteiger partial charge in [0.05, 0.1) is 0 Å². The first-order valence-electron chi connectivity index (χ1n) is 6.62. The van der Waals surface area contributed by atoms with Crippen molar-refractivity contribution < 1.29 is 8.42 Å². The van der Waals surface area contributed by atoms with E-state index in [9.17, 15) is 8.42 Å². The fourth-order valence-electron chi connectivity index (χ4n) is 1.66. The highest BCUT2D eigenvalue weighted by atomic mass is 79.9. The van der Waals surface area contributed by atoms with E-state index in [4.69, 9.17) is 0 Å². The Labute approximate surface area is 130 Å². The highest BCUT2D eigenvalue weighted by Crippen LogP contribution is 2.11. The lowest BCUT2D eigenvalue weighted by Gasteiger charge is -2.17. The Balaban J connectivity index is 2.44. The van der Waals surface area contributed by atoms with Gasteiger partial charge in [-0.15, -0.1) is 0 Å². The summed E-state index contributed by atoms with van der Waals surface area (Å²) in [4.78, 5) is 0. The molecule has 0 radical (unpaired) electrons. The van der Waals surface area contributed by atoms with Crippen LogP contribution in [0, 0.1) is 0 Å². The summed E-state index contributed by atoms with van der Waals surface area (Å²) in [6, 6.07) is 7.57. The van der Waals surface area contributed by atoms with Crippen molar-refractivity contribution in [2.75, 3.05) is 26.7 Å². The molecule has 0 saturated heterocycles. The molecule has 20 heavy (non-hydrogen) atoms. The van der Waals surface area contributed by atoms with Gasteiger partial charge in [-0.3, -0.25) is 0 Å². The second-order valence-electron chi connectivity index (χ2n) is 4.48. The summed E-state index contributed by atoms with van der Waals surface area (Å²) in [5, 5.41) is 3.17. The van der Waals surface area contributed by atoms with Crippen LogP contribution in [0.2, 0.25) is 0 Å². The number of nitrogens with zero attached hydrogens (tertiary/aromatic N) is 1. The molecule has 1 rings (SSSR count). The minimum Gasteiger partial charge on any atom is -0.317 e. The van der Waals surface area contributed by atoms with E-state index < -0.39 is 10.2 Å². The largest absolute Gasteiger partial charge is 0.317 e. The number of hydrogen-bond donors (Lipinski definition) is 2. The zero-order valence-corrected chi connectivity index (χ0v) is 14.3. The van der Waals surface area contributed by atoms with Crippen molar-refractivity contribution >= 4 is 26.1 Å². The molecule has 0 aliphatic heterocycles. The van der Waals surface area contributed by atoms with E-state index >= 15 is 0 Å². The molecule has 0 aromatic heterocycles. The number of hydrogen-bond acceptors (Lipinski definition) is 3. The van der Waals surface area contributed by atoms with Gasteiger partial charge in [0.1, 0.15) is 0 Å². The molecule has 0 fully saturated rings. The molecule has 0 bridgehead atoms. The van der Waals surface area contributed by atoms with Crippen LogP contribution in [0.5, 0.6) is 0 Å². The fourth-order valence-corrected chi connectivity index (χ4v) is 3.04. The molecule has 0 amide bonds. The summed E-state index contributed by atoms with van der Waals surface area (Å²) >= 11 is 3.37. The molecule has 5 nitrogen and oxygen atoms in total. The summed E-state index contributed by atoms with van der Waals surface area (Å²) in [5.41, 5.74) is 0.920. The third-order valence-electron chi connectivity index (χ3n) is 2.83. The van der Waals surface area contributed by atoms with E-state index in [1.54, 1.807) is 7.05 Å². The first-order chi connectivity index (χ1) is 9.45. The van der Waals surface area contributed by atoms with Gasteiger partial charge >= 0.3 is 0 Å². The second kappa shape index (κ2) is 8.74. The molecule has 0 spiro atoms. The van der Waals surface area contributed by atoms with E-state index in [1.807, 2.05) is 31.2 Å². The molecule has 1 aromatic rings. The lowest BCUT2D eigenvalue weighted by Crippen LogP contribution is -2.39. The average molecular weight is 364 g/mol. The normalized spacial score (nSPS) is 12.0. The predicted molar refractivity (Wildman–Crippen MR) is 85.7 cm³/mol. The van der Waals surface area contributed by atoms with E-state index in [0.29, 0.717) is 13.1 Å². The highest BCUT2D eigenvalue weighted by molar-refractivity contribution is 9.10. The van der Waals surface area contributed by atoms with Gasteiger partial charge in [0.15, 0.2) is 0 Å². The Kier molecular flexibility index (Phi) is 7.68. The molecule has 0 unspecified atom stereocenters. The Hall–Kier alpha value is -0.470. The van der Waals surface area contributed by atoms with Crippen molar-refractivity contribution in [1.82, 2.24) is 14.3 Å². The maximum atomic E-state index is 12.0. The van der Waals surface area contributed by atoms with Crippen LogP contribution in [0.1, 0.15) is 18.9 Å². The van der Waals surface area contributed by atoms with Gasteiger partial charge in [0, 0.05) is 24.6 Å². The van der Waals surface area contributed by atoms with Crippen molar-refractivity contribution in [2.45, 2.75) is 19.9 Å². The zero-order chi connectivity index (χ0) is 15.0. The highest BCUT2D eigenvalue weighted by Gasteiger charge is 2.16.